The SMILES string of the molecule is COc1cc(OC)cc(C(NC(=O)c2ccc(C)c([N+](=O)[O-])c2)c2nccn2C)c1. The minimum atomic E-state index is -0.637. The van der Waals surface area contributed by atoms with Gasteiger partial charge in [-0.3, -0.25) is 14.9 Å². The third-order valence-corrected chi connectivity index (χ3v) is 4.77. The standard InChI is InChI=1S/C21H22N4O5/c1-13-5-6-14(11-18(13)25(27)28)21(26)23-19(20-22-7-8-24(20)2)15-9-16(29-3)12-17(10-15)30-4/h5-12,19H,1-4H3,(H,23,26). The van der Waals surface area contributed by atoms with Gasteiger partial charge in [-0.2, -0.15) is 0 Å². The highest BCUT2D eigenvalue weighted by molar-refractivity contribution is 5.95. The fourth-order valence-corrected chi connectivity index (χ4v) is 3.11. The number of nitro benzene ring substituents is 1. The molecule has 3 aromatic rings. The van der Waals surface area contributed by atoms with Gasteiger partial charge < -0.3 is 19.4 Å². The minimum Gasteiger partial charge on any atom is -0.497 e. The smallest absolute Gasteiger partial charge is 0.273 e. The first kappa shape index (κ1) is 20.8. The third-order valence-electron chi connectivity index (χ3n) is 4.77. The zero-order valence-corrected chi connectivity index (χ0v) is 17.1. The Labute approximate surface area is 173 Å². The van der Waals surface area contributed by atoms with E-state index >= 15 is 0 Å². The van der Waals surface area contributed by atoms with Crippen molar-refractivity contribution in [3.05, 3.63) is 81.4 Å². The molecular formula is C21H22N4O5. The highest BCUT2D eigenvalue weighted by Gasteiger charge is 2.24. The Morgan fingerprint density at radius 2 is 1.83 bits per heavy atom. The lowest BCUT2D eigenvalue weighted by Gasteiger charge is -2.20. The minimum absolute atomic E-state index is 0.112. The zero-order valence-electron chi connectivity index (χ0n) is 17.1. The summed E-state index contributed by atoms with van der Waals surface area (Å²) in [5.74, 6) is 1.24. The molecule has 1 heterocycles. The topological polar surface area (TPSA) is 109 Å². The highest BCUT2D eigenvalue weighted by atomic mass is 16.6. The monoisotopic (exact) mass is 410 g/mol. The second-order valence-electron chi connectivity index (χ2n) is 6.71. The van der Waals surface area contributed by atoms with Crippen LogP contribution in [0.2, 0.25) is 0 Å². The summed E-state index contributed by atoms with van der Waals surface area (Å²) in [5.41, 5.74) is 1.24. The largest absolute Gasteiger partial charge is 0.497 e. The third kappa shape index (κ3) is 4.24. The number of hydrogen-bond donors (Lipinski definition) is 1. The molecule has 1 aromatic heterocycles. The molecule has 3 rings (SSSR count). The first-order valence-corrected chi connectivity index (χ1v) is 9.10. The van der Waals surface area contributed by atoms with E-state index in [1.807, 2.05) is 7.05 Å². The van der Waals surface area contributed by atoms with E-state index in [1.54, 1.807) is 68.4 Å². The molecule has 9 nitrogen and oxygen atoms in total. The number of rotatable bonds is 7. The van der Waals surface area contributed by atoms with Crippen LogP contribution in [0.25, 0.3) is 0 Å². The quantitative estimate of drug-likeness (QED) is 0.473. The van der Waals surface area contributed by atoms with Crippen LogP contribution < -0.4 is 14.8 Å². The van der Waals surface area contributed by atoms with Crippen LogP contribution in [-0.2, 0) is 7.05 Å². The second kappa shape index (κ2) is 8.64. The predicted octanol–water partition coefficient (Wildman–Crippen LogP) is 3.17. The summed E-state index contributed by atoms with van der Waals surface area (Å²) in [7, 11) is 4.90. The summed E-state index contributed by atoms with van der Waals surface area (Å²) < 4.78 is 12.5. The Balaban J connectivity index is 2.03. The maximum absolute atomic E-state index is 13.0. The number of nitro groups is 1. The highest BCUT2D eigenvalue weighted by Crippen LogP contribution is 2.30. The summed E-state index contributed by atoms with van der Waals surface area (Å²) in [5, 5.41) is 14.2. The molecule has 0 radical (unpaired) electrons. The number of nitrogens with zero attached hydrogens (tertiary/aromatic N) is 3. The molecule has 1 unspecified atom stereocenters. The molecular weight excluding hydrogens is 388 g/mol. The molecule has 30 heavy (non-hydrogen) atoms. The van der Waals surface area contributed by atoms with Crippen LogP contribution in [0.3, 0.4) is 0 Å². The second-order valence-corrected chi connectivity index (χ2v) is 6.71. The molecule has 0 aliphatic carbocycles. The van der Waals surface area contributed by atoms with Crippen LogP contribution in [0, 0.1) is 17.0 Å². The summed E-state index contributed by atoms with van der Waals surface area (Å²) in [6, 6.07) is 9.02. The van der Waals surface area contributed by atoms with E-state index in [1.165, 1.54) is 6.07 Å². The van der Waals surface area contributed by atoms with Gasteiger partial charge in [-0.05, 0) is 30.7 Å². The normalized spacial score (nSPS) is 11.6. The van der Waals surface area contributed by atoms with Crippen molar-refractivity contribution in [2.75, 3.05) is 14.2 Å². The van der Waals surface area contributed by atoms with Crippen LogP contribution in [0.4, 0.5) is 5.69 Å². The van der Waals surface area contributed by atoms with E-state index in [0.29, 0.717) is 28.5 Å². The summed E-state index contributed by atoms with van der Waals surface area (Å²) >= 11 is 0. The Kier molecular flexibility index (Phi) is 6.01. The molecule has 1 atom stereocenters. The van der Waals surface area contributed by atoms with Gasteiger partial charge >= 0.3 is 0 Å². The van der Waals surface area contributed by atoms with Crippen LogP contribution in [0.15, 0.2) is 48.8 Å². The number of imidazole rings is 1. The van der Waals surface area contributed by atoms with Crippen molar-refractivity contribution in [2.45, 2.75) is 13.0 Å². The van der Waals surface area contributed by atoms with Crippen molar-refractivity contribution in [1.29, 1.82) is 0 Å². The Bertz CT molecular complexity index is 1070. The maximum Gasteiger partial charge on any atom is 0.273 e. The molecule has 0 bridgehead atoms. The van der Waals surface area contributed by atoms with Gasteiger partial charge in [0.25, 0.3) is 11.6 Å². The molecule has 2 aromatic carbocycles. The molecule has 0 aliphatic heterocycles. The molecule has 0 fully saturated rings. The van der Waals surface area contributed by atoms with Crippen molar-refractivity contribution >= 4 is 11.6 Å². The van der Waals surface area contributed by atoms with Gasteiger partial charge in [0.15, 0.2) is 0 Å². The average Bonchev–Trinajstić information content (AvgIpc) is 3.16. The van der Waals surface area contributed by atoms with Crippen molar-refractivity contribution in [2.24, 2.45) is 7.05 Å². The number of carbonyl (C=O) groups excluding carboxylic acids is 1. The number of hydrogen-bond acceptors (Lipinski definition) is 6. The van der Waals surface area contributed by atoms with Crippen molar-refractivity contribution < 1.29 is 19.2 Å². The number of nitrogens with one attached hydrogen (secondary N) is 1. The molecule has 0 saturated carbocycles. The number of ether oxygens (including phenoxy) is 2. The van der Waals surface area contributed by atoms with E-state index in [-0.39, 0.29) is 11.3 Å². The van der Waals surface area contributed by atoms with Gasteiger partial charge in [-0.1, -0.05) is 6.07 Å². The van der Waals surface area contributed by atoms with Crippen LogP contribution >= 0.6 is 0 Å². The summed E-state index contributed by atoms with van der Waals surface area (Å²) in [4.78, 5) is 28.1. The lowest BCUT2D eigenvalue weighted by atomic mass is 10.0. The number of aryl methyl sites for hydroxylation is 2. The van der Waals surface area contributed by atoms with E-state index in [2.05, 4.69) is 10.3 Å². The number of amides is 1. The fourth-order valence-electron chi connectivity index (χ4n) is 3.11. The molecule has 0 aliphatic rings. The molecule has 9 heteroatoms. The van der Waals surface area contributed by atoms with E-state index in [0.717, 1.165) is 0 Å². The number of benzene rings is 2. The van der Waals surface area contributed by atoms with Crippen LogP contribution in [0.5, 0.6) is 11.5 Å². The number of methoxy groups -OCH3 is 2. The summed E-state index contributed by atoms with van der Waals surface area (Å²) in [6.45, 7) is 1.62. The van der Waals surface area contributed by atoms with Gasteiger partial charge in [0.05, 0.1) is 19.1 Å². The Morgan fingerprint density at radius 3 is 2.37 bits per heavy atom. The lowest BCUT2D eigenvalue weighted by molar-refractivity contribution is -0.385. The first-order valence-electron chi connectivity index (χ1n) is 9.10. The number of carbonyl (C=O) groups is 1. The van der Waals surface area contributed by atoms with Crippen LogP contribution in [0.1, 0.15) is 33.4 Å². The zero-order chi connectivity index (χ0) is 21.8. The molecule has 1 N–H and O–H groups in total. The van der Waals surface area contributed by atoms with Gasteiger partial charge in [0.1, 0.15) is 23.4 Å². The van der Waals surface area contributed by atoms with Gasteiger partial charge in [-0.25, -0.2) is 4.98 Å². The van der Waals surface area contributed by atoms with Gasteiger partial charge in [0.2, 0.25) is 0 Å². The predicted molar refractivity (Wildman–Crippen MR) is 110 cm³/mol. The van der Waals surface area contributed by atoms with Crippen LogP contribution in [-0.4, -0.2) is 34.6 Å². The van der Waals surface area contributed by atoms with Crippen molar-refractivity contribution in [3.63, 3.8) is 0 Å². The van der Waals surface area contributed by atoms with E-state index in [9.17, 15) is 14.9 Å². The molecule has 156 valence electrons. The molecule has 1 amide bonds. The number of aromatic nitrogens is 2. The Hall–Kier alpha value is -3.88. The molecule has 0 spiro atoms. The van der Waals surface area contributed by atoms with Crippen molar-refractivity contribution in [3.8, 4) is 11.5 Å². The van der Waals surface area contributed by atoms with Gasteiger partial charge in [-0.15, -0.1) is 0 Å². The first-order chi connectivity index (χ1) is 14.3. The van der Waals surface area contributed by atoms with E-state index < -0.39 is 16.9 Å². The fraction of sp³-hybridized carbons (Fsp3) is 0.238. The average molecular weight is 410 g/mol. The molecule has 0 saturated heterocycles. The van der Waals surface area contributed by atoms with E-state index in [4.69, 9.17) is 9.47 Å². The summed E-state index contributed by atoms with van der Waals surface area (Å²) in [6.07, 6.45) is 3.39. The maximum atomic E-state index is 13.0. The Morgan fingerprint density at radius 1 is 1.17 bits per heavy atom. The van der Waals surface area contributed by atoms with Gasteiger partial charge in [0, 0.05) is 42.7 Å². The van der Waals surface area contributed by atoms with Crippen molar-refractivity contribution in [1.82, 2.24) is 14.9 Å². The lowest BCUT2D eigenvalue weighted by Crippen LogP contribution is -2.31.